The van der Waals surface area contributed by atoms with Crippen LogP contribution in [0.2, 0.25) is 0 Å². The lowest BCUT2D eigenvalue weighted by molar-refractivity contribution is -0.150. The Hall–Kier alpha value is -1.85. The smallest absolute Gasteiger partial charge is 0.246 e. The summed E-state index contributed by atoms with van der Waals surface area (Å²) in [4.78, 5) is 26.0. The van der Waals surface area contributed by atoms with E-state index >= 15 is 0 Å². The monoisotopic (exact) mass is 263 g/mol. The quantitative estimate of drug-likeness (QED) is 0.867. The number of piperazine rings is 1. The van der Waals surface area contributed by atoms with Gasteiger partial charge in [0.2, 0.25) is 11.8 Å². The Morgan fingerprint density at radius 2 is 2.21 bits per heavy atom. The molecule has 1 aromatic rings. The summed E-state index contributed by atoms with van der Waals surface area (Å²) in [5.41, 5.74) is 0.682. The largest absolute Gasteiger partial charge is 0.361 e. The van der Waals surface area contributed by atoms with E-state index < -0.39 is 6.04 Å². The summed E-state index contributed by atoms with van der Waals surface area (Å²) in [6.07, 6.45) is 2.03. The number of aryl methyl sites for hydroxylation is 1. The molecule has 2 aliphatic rings. The van der Waals surface area contributed by atoms with Gasteiger partial charge in [0.25, 0.3) is 0 Å². The van der Waals surface area contributed by atoms with Crippen molar-refractivity contribution in [1.82, 2.24) is 15.4 Å². The summed E-state index contributed by atoms with van der Waals surface area (Å²) in [5.74, 6) is 0.924. The number of carbonyl (C=O) groups excluding carboxylic acids is 2. The third kappa shape index (κ3) is 2.22. The summed E-state index contributed by atoms with van der Waals surface area (Å²) in [5, 5.41) is 6.71. The second kappa shape index (κ2) is 4.36. The van der Waals surface area contributed by atoms with E-state index in [0.717, 1.165) is 12.8 Å². The van der Waals surface area contributed by atoms with Crippen molar-refractivity contribution < 1.29 is 14.1 Å². The predicted octanol–water partition coefficient (Wildman–Crippen LogP) is 0.609. The van der Waals surface area contributed by atoms with E-state index in [4.69, 9.17) is 4.52 Å². The molecule has 1 saturated carbocycles. The van der Waals surface area contributed by atoms with Crippen LogP contribution in [-0.2, 0) is 16.1 Å². The molecule has 1 saturated heterocycles. The van der Waals surface area contributed by atoms with Gasteiger partial charge in [-0.3, -0.25) is 9.59 Å². The molecule has 1 N–H and O–H groups in total. The Kier molecular flexibility index (Phi) is 2.80. The summed E-state index contributed by atoms with van der Waals surface area (Å²) < 4.78 is 5.00. The van der Waals surface area contributed by atoms with Crippen LogP contribution in [0.4, 0.5) is 0 Å². The van der Waals surface area contributed by atoms with Gasteiger partial charge >= 0.3 is 0 Å². The molecule has 0 aromatic carbocycles. The third-order valence-corrected chi connectivity index (χ3v) is 3.80. The summed E-state index contributed by atoms with van der Waals surface area (Å²) >= 11 is 0. The van der Waals surface area contributed by atoms with Gasteiger partial charge in [0.05, 0.1) is 6.54 Å². The molecule has 0 bridgehead atoms. The molecule has 1 aliphatic heterocycles. The molecule has 2 amide bonds. The van der Waals surface area contributed by atoms with E-state index in [9.17, 15) is 9.59 Å². The first kappa shape index (κ1) is 12.2. The highest BCUT2D eigenvalue weighted by Crippen LogP contribution is 2.35. The first-order valence-electron chi connectivity index (χ1n) is 6.59. The fourth-order valence-corrected chi connectivity index (χ4v) is 2.48. The van der Waals surface area contributed by atoms with Crippen LogP contribution in [0.25, 0.3) is 0 Å². The lowest BCUT2D eigenvalue weighted by Crippen LogP contribution is -2.62. The van der Waals surface area contributed by atoms with E-state index in [-0.39, 0.29) is 17.9 Å². The normalized spacial score (nSPS) is 27.6. The molecular weight excluding hydrogens is 246 g/mol. The van der Waals surface area contributed by atoms with Gasteiger partial charge in [0.1, 0.15) is 23.5 Å². The maximum absolute atomic E-state index is 12.4. The number of carbonyl (C=O) groups is 2. The molecule has 6 heteroatoms. The SMILES string of the molecule is Cc1cc(CN2C(=O)C(C3CC3)NC(=O)C2C)no1. The third-order valence-electron chi connectivity index (χ3n) is 3.80. The van der Waals surface area contributed by atoms with Crippen molar-refractivity contribution in [2.75, 3.05) is 0 Å². The molecule has 1 aliphatic carbocycles. The molecule has 2 atom stereocenters. The fourth-order valence-electron chi connectivity index (χ4n) is 2.48. The molecule has 6 nitrogen and oxygen atoms in total. The van der Waals surface area contributed by atoms with Gasteiger partial charge in [-0.05, 0) is 32.6 Å². The van der Waals surface area contributed by atoms with E-state index in [2.05, 4.69) is 10.5 Å². The molecule has 3 rings (SSSR count). The molecule has 19 heavy (non-hydrogen) atoms. The second-order valence-electron chi connectivity index (χ2n) is 5.39. The summed E-state index contributed by atoms with van der Waals surface area (Å²) in [7, 11) is 0. The lowest BCUT2D eigenvalue weighted by atomic mass is 10.0. The van der Waals surface area contributed by atoms with Gasteiger partial charge in [-0.25, -0.2) is 0 Å². The molecule has 0 spiro atoms. The van der Waals surface area contributed by atoms with Gasteiger partial charge in [-0.2, -0.15) is 0 Å². The van der Waals surface area contributed by atoms with Crippen molar-refractivity contribution in [1.29, 1.82) is 0 Å². The molecule has 102 valence electrons. The molecule has 0 radical (unpaired) electrons. The summed E-state index contributed by atoms with van der Waals surface area (Å²) in [6, 6.07) is 0.981. The Labute approximate surface area is 111 Å². The zero-order valence-corrected chi connectivity index (χ0v) is 11.0. The predicted molar refractivity (Wildman–Crippen MR) is 65.9 cm³/mol. The number of hydrogen-bond donors (Lipinski definition) is 1. The average Bonchev–Trinajstić information content (AvgIpc) is 3.13. The molecule has 2 fully saturated rings. The molecule has 1 aromatic heterocycles. The van der Waals surface area contributed by atoms with Crippen LogP contribution in [0.5, 0.6) is 0 Å². The Morgan fingerprint density at radius 3 is 2.79 bits per heavy atom. The van der Waals surface area contributed by atoms with Gasteiger partial charge in [-0.1, -0.05) is 5.16 Å². The van der Waals surface area contributed by atoms with Crippen molar-refractivity contribution in [3.8, 4) is 0 Å². The van der Waals surface area contributed by atoms with Gasteiger partial charge in [0.15, 0.2) is 0 Å². The van der Waals surface area contributed by atoms with E-state index in [1.165, 1.54) is 0 Å². The minimum absolute atomic E-state index is 0.00440. The van der Waals surface area contributed by atoms with Crippen molar-refractivity contribution in [2.24, 2.45) is 5.92 Å². The van der Waals surface area contributed by atoms with Crippen LogP contribution in [0, 0.1) is 12.8 Å². The highest BCUT2D eigenvalue weighted by molar-refractivity contribution is 5.97. The number of hydrogen-bond acceptors (Lipinski definition) is 4. The Balaban J connectivity index is 1.80. The van der Waals surface area contributed by atoms with Crippen LogP contribution < -0.4 is 5.32 Å². The number of aromatic nitrogens is 1. The van der Waals surface area contributed by atoms with Crippen molar-refractivity contribution >= 4 is 11.8 Å². The first-order chi connectivity index (χ1) is 9.06. The average molecular weight is 263 g/mol. The minimum Gasteiger partial charge on any atom is -0.361 e. The maximum Gasteiger partial charge on any atom is 0.246 e. The van der Waals surface area contributed by atoms with Crippen LogP contribution >= 0.6 is 0 Å². The van der Waals surface area contributed by atoms with Crippen LogP contribution in [-0.4, -0.2) is 34.0 Å². The van der Waals surface area contributed by atoms with Gasteiger partial charge < -0.3 is 14.7 Å². The molecule has 2 heterocycles. The van der Waals surface area contributed by atoms with Gasteiger partial charge in [-0.15, -0.1) is 0 Å². The Bertz CT molecular complexity index is 521. The van der Waals surface area contributed by atoms with E-state index in [1.807, 2.05) is 0 Å². The van der Waals surface area contributed by atoms with E-state index in [0.29, 0.717) is 23.9 Å². The zero-order chi connectivity index (χ0) is 13.6. The summed E-state index contributed by atoms with van der Waals surface area (Å²) in [6.45, 7) is 3.87. The topological polar surface area (TPSA) is 75.4 Å². The first-order valence-corrected chi connectivity index (χ1v) is 6.59. The molecule has 2 unspecified atom stereocenters. The Morgan fingerprint density at radius 1 is 1.47 bits per heavy atom. The minimum atomic E-state index is -0.459. The highest BCUT2D eigenvalue weighted by Gasteiger charge is 2.45. The highest BCUT2D eigenvalue weighted by atomic mass is 16.5. The van der Waals surface area contributed by atoms with Crippen molar-refractivity contribution in [3.63, 3.8) is 0 Å². The fraction of sp³-hybridized carbons (Fsp3) is 0.615. The van der Waals surface area contributed by atoms with Crippen LogP contribution in [0.1, 0.15) is 31.2 Å². The van der Waals surface area contributed by atoms with Crippen molar-refractivity contribution in [2.45, 2.75) is 45.3 Å². The van der Waals surface area contributed by atoms with E-state index in [1.54, 1.807) is 24.8 Å². The zero-order valence-electron chi connectivity index (χ0n) is 11.0. The number of rotatable bonds is 3. The van der Waals surface area contributed by atoms with Crippen molar-refractivity contribution in [3.05, 3.63) is 17.5 Å². The standard InChI is InChI=1S/C13H17N3O3/c1-7-5-10(15-19-7)6-16-8(2)12(17)14-11(13(16)18)9-3-4-9/h5,8-9,11H,3-4,6H2,1-2H3,(H,14,17). The number of nitrogens with one attached hydrogen (secondary N) is 1. The lowest BCUT2D eigenvalue weighted by Gasteiger charge is -2.37. The number of nitrogens with zero attached hydrogens (tertiary/aromatic N) is 2. The maximum atomic E-state index is 12.4. The van der Waals surface area contributed by atoms with Crippen LogP contribution in [0.15, 0.2) is 10.6 Å². The molecular formula is C13H17N3O3. The van der Waals surface area contributed by atoms with Crippen LogP contribution in [0.3, 0.4) is 0 Å². The van der Waals surface area contributed by atoms with Gasteiger partial charge in [0, 0.05) is 6.07 Å². The number of amides is 2. The second-order valence-corrected chi connectivity index (χ2v) is 5.39.